The average molecular weight is 636 g/mol. The molecule has 1 atom stereocenters. The van der Waals surface area contributed by atoms with Gasteiger partial charge in [0.25, 0.3) is 5.91 Å². The topological polar surface area (TPSA) is 123 Å². The third kappa shape index (κ3) is 7.83. The van der Waals surface area contributed by atoms with Crippen molar-refractivity contribution in [2.75, 3.05) is 81.1 Å². The number of nitrogens with zero attached hydrogens (tertiary/aromatic N) is 7. The lowest BCUT2D eigenvalue weighted by Crippen LogP contribution is -2.55. The van der Waals surface area contributed by atoms with Gasteiger partial charge in [-0.3, -0.25) is 9.69 Å². The number of anilines is 4. The first-order valence-electron chi connectivity index (χ1n) is 16.8. The number of aromatic nitrogens is 2. The van der Waals surface area contributed by atoms with Gasteiger partial charge < -0.3 is 35.4 Å². The van der Waals surface area contributed by atoms with Crippen LogP contribution < -0.4 is 20.9 Å². The number of rotatable bonds is 7. The summed E-state index contributed by atoms with van der Waals surface area (Å²) in [7, 11) is 2.21. The first kappa shape index (κ1) is 33.7. The summed E-state index contributed by atoms with van der Waals surface area (Å²) >= 11 is 0. The molecule has 0 unspecified atom stereocenters. The number of amides is 2. The number of primary amides is 1. The summed E-state index contributed by atoms with van der Waals surface area (Å²) in [4.78, 5) is 46.4. The van der Waals surface area contributed by atoms with E-state index >= 15 is 0 Å². The van der Waals surface area contributed by atoms with Crippen LogP contribution in [-0.4, -0.2) is 120 Å². The van der Waals surface area contributed by atoms with Gasteiger partial charge in [0.2, 0.25) is 0 Å². The van der Waals surface area contributed by atoms with E-state index in [1.165, 1.54) is 31.6 Å². The Morgan fingerprint density at radius 2 is 1.70 bits per heavy atom. The molecule has 0 saturated carbocycles. The van der Waals surface area contributed by atoms with E-state index in [2.05, 4.69) is 51.0 Å². The molecule has 46 heavy (non-hydrogen) atoms. The Kier molecular flexibility index (Phi) is 10.3. The van der Waals surface area contributed by atoms with E-state index in [-0.39, 0.29) is 17.8 Å². The molecule has 12 nitrogen and oxygen atoms in total. The van der Waals surface area contributed by atoms with Crippen molar-refractivity contribution < 1.29 is 14.3 Å². The van der Waals surface area contributed by atoms with Crippen molar-refractivity contribution >= 4 is 35.0 Å². The van der Waals surface area contributed by atoms with E-state index in [9.17, 15) is 9.59 Å². The number of piperidine rings is 1. The van der Waals surface area contributed by atoms with Crippen molar-refractivity contribution in [3.8, 4) is 0 Å². The largest absolute Gasteiger partial charge is 0.444 e. The van der Waals surface area contributed by atoms with Gasteiger partial charge in [0.05, 0.1) is 5.69 Å². The highest BCUT2D eigenvalue weighted by Gasteiger charge is 2.33. The van der Waals surface area contributed by atoms with Crippen LogP contribution in [0.25, 0.3) is 0 Å². The molecule has 5 rings (SSSR count). The molecule has 1 aromatic heterocycles. The second-order valence-electron chi connectivity index (χ2n) is 14.1. The fourth-order valence-corrected chi connectivity index (χ4v) is 6.84. The monoisotopic (exact) mass is 635 g/mol. The van der Waals surface area contributed by atoms with E-state index in [1.54, 1.807) is 4.90 Å². The lowest BCUT2D eigenvalue weighted by atomic mass is 10.0. The van der Waals surface area contributed by atoms with E-state index < -0.39 is 11.5 Å². The lowest BCUT2D eigenvalue weighted by molar-refractivity contribution is 0.0158. The van der Waals surface area contributed by atoms with Crippen molar-refractivity contribution in [3.63, 3.8) is 0 Å². The summed E-state index contributed by atoms with van der Waals surface area (Å²) in [6.45, 7) is 20.1. The van der Waals surface area contributed by atoms with E-state index in [1.807, 2.05) is 40.7 Å². The maximum absolute atomic E-state index is 12.8. The van der Waals surface area contributed by atoms with E-state index in [0.717, 1.165) is 37.4 Å². The molecule has 12 heteroatoms. The zero-order valence-electron chi connectivity index (χ0n) is 28.8. The third-order valence-electron chi connectivity index (χ3n) is 9.39. The number of nitrogens with two attached hydrogens (primary N) is 1. The third-order valence-corrected chi connectivity index (χ3v) is 9.39. The quantitative estimate of drug-likeness (QED) is 0.464. The minimum absolute atomic E-state index is 0.0934. The molecule has 0 spiro atoms. The summed E-state index contributed by atoms with van der Waals surface area (Å²) in [5.41, 5.74) is 9.28. The van der Waals surface area contributed by atoms with Crippen molar-refractivity contribution in [1.29, 1.82) is 0 Å². The summed E-state index contributed by atoms with van der Waals surface area (Å²) in [5, 5.41) is 3.36. The average Bonchev–Trinajstić information content (AvgIpc) is 3.00. The van der Waals surface area contributed by atoms with Crippen LogP contribution in [-0.2, 0) is 11.2 Å². The number of aryl methyl sites for hydroxylation is 2. The standard InChI is InChI=1S/C34H53N9O3/c1-8-27-32(42-19-20-43(24(3)22-42)33(45)46-34(4,5)6)38-31(29(37-27)30(35)44)36-25-9-10-28(23(2)21-25)41-13-11-26(12-14-41)40-17-15-39(7)16-18-40/h9-10,21,24,26H,8,11-20,22H2,1-7H3,(H2,35,44)(H,36,38)/t24-/m0/s1. The Balaban J connectivity index is 1.29. The number of carbonyl (C=O) groups is 2. The summed E-state index contributed by atoms with van der Waals surface area (Å²) in [6, 6.07) is 6.87. The fraction of sp³-hybridized carbons (Fsp3) is 0.647. The normalized spacial score (nSPS) is 20.6. The van der Waals surface area contributed by atoms with Crippen LogP contribution >= 0.6 is 0 Å². The van der Waals surface area contributed by atoms with Gasteiger partial charge in [0.1, 0.15) is 5.60 Å². The lowest BCUT2D eigenvalue weighted by Gasteiger charge is -2.43. The maximum Gasteiger partial charge on any atom is 0.410 e. The highest BCUT2D eigenvalue weighted by molar-refractivity contribution is 5.96. The van der Waals surface area contributed by atoms with Gasteiger partial charge in [0.15, 0.2) is 17.3 Å². The van der Waals surface area contributed by atoms with Crippen LogP contribution in [0.3, 0.4) is 0 Å². The van der Waals surface area contributed by atoms with Crippen molar-refractivity contribution in [2.24, 2.45) is 5.73 Å². The van der Waals surface area contributed by atoms with Crippen molar-refractivity contribution in [2.45, 2.75) is 78.5 Å². The van der Waals surface area contributed by atoms with Crippen LogP contribution in [0.15, 0.2) is 18.2 Å². The number of piperazine rings is 2. The Morgan fingerprint density at radius 1 is 1.00 bits per heavy atom. The fourth-order valence-electron chi connectivity index (χ4n) is 6.84. The van der Waals surface area contributed by atoms with Gasteiger partial charge in [0, 0.05) is 82.4 Å². The molecule has 3 N–H and O–H groups in total. The first-order chi connectivity index (χ1) is 21.8. The summed E-state index contributed by atoms with van der Waals surface area (Å²) in [5.74, 6) is 0.403. The molecule has 3 aliphatic heterocycles. The van der Waals surface area contributed by atoms with Gasteiger partial charge in [-0.2, -0.15) is 0 Å². The van der Waals surface area contributed by atoms with Crippen LogP contribution in [0.2, 0.25) is 0 Å². The Labute approximate surface area is 274 Å². The molecular weight excluding hydrogens is 582 g/mol. The van der Waals surface area contributed by atoms with Gasteiger partial charge >= 0.3 is 6.09 Å². The van der Waals surface area contributed by atoms with Crippen LogP contribution in [0.5, 0.6) is 0 Å². The molecule has 0 aliphatic carbocycles. The summed E-state index contributed by atoms with van der Waals surface area (Å²) < 4.78 is 5.62. The number of hydrogen-bond donors (Lipinski definition) is 2. The molecule has 2 aromatic rings. The predicted octanol–water partition coefficient (Wildman–Crippen LogP) is 3.85. The Hall–Kier alpha value is -3.64. The molecule has 252 valence electrons. The molecule has 3 fully saturated rings. The second-order valence-corrected chi connectivity index (χ2v) is 14.1. The molecular formula is C34H53N9O3. The molecule has 4 heterocycles. The van der Waals surface area contributed by atoms with Gasteiger partial charge in [-0.25, -0.2) is 14.8 Å². The van der Waals surface area contributed by atoms with Crippen LogP contribution in [0.1, 0.15) is 69.2 Å². The second kappa shape index (κ2) is 14.0. The summed E-state index contributed by atoms with van der Waals surface area (Å²) in [6.07, 6.45) is 2.63. The molecule has 0 radical (unpaired) electrons. The Bertz CT molecular complexity index is 1390. The van der Waals surface area contributed by atoms with E-state index in [0.29, 0.717) is 49.4 Å². The van der Waals surface area contributed by atoms with Gasteiger partial charge in [-0.15, -0.1) is 0 Å². The molecule has 3 saturated heterocycles. The minimum atomic E-state index is -0.629. The number of benzene rings is 1. The zero-order valence-corrected chi connectivity index (χ0v) is 28.8. The van der Waals surface area contributed by atoms with Crippen molar-refractivity contribution in [3.05, 3.63) is 35.2 Å². The molecule has 1 aromatic carbocycles. The molecule has 0 bridgehead atoms. The highest BCUT2D eigenvalue weighted by atomic mass is 16.6. The zero-order chi connectivity index (χ0) is 33.2. The van der Waals surface area contributed by atoms with Crippen LogP contribution in [0.4, 0.5) is 27.8 Å². The minimum Gasteiger partial charge on any atom is -0.444 e. The van der Waals surface area contributed by atoms with Crippen LogP contribution in [0, 0.1) is 6.92 Å². The predicted molar refractivity (Wildman–Crippen MR) is 183 cm³/mol. The Morgan fingerprint density at radius 3 is 2.28 bits per heavy atom. The maximum atomic E-state index is 12.8. The van der Waals surface area contributed by atoms with E-state index in [4.69, 9.17) is 20.4 Å². The smallest absolute Gasteiger partial charge is 0.410 e. The molecule has 3 aliphatic rings. The number of likely N-dealkylation sites (N-methyl/N-ethyl adjacent to an activating group) is 1. The highest BCUT2D eigenvalue weighted by Crippen LogP contribution is 2.31. The van der Waals surface area contributed by atoms with Gasteiger partial charge in [-0.05, 0) is 84.7 Å². The SMILES string of the molecule is CCc1nc(C(N)=O)c(Nc2ccc(N3CCC(N4CCN(C)CC4)CC3)c(C)c2)nc1N1CCN(C(=O)OC(C)(C)C)[C@@H](C)C1. The number of carbonyl (C=O) groups excluding carboxylic acids is 2. The van der Waals surface area contributed by atoms with Gasteiger partial charge in [-0.1, -0.05) is 6.92 Å². The molecule has 2 amide bonds. The number of hydrogen-bond acceptors (Lipinski definition) is 10. The number of ether oxygens (including phenoxy) is 1. The van der Waals surface area contributed by atoms with Crippen molar-refractivity contribution in [1.82, 2.24) is 24.7 Å². The number of nitrogens with one attached hydrogen (secondary N) is 1. The first-order valence-corrected chi connectivity index (χ1v) is 16.8.